The van der Waals surface area contributed by atoms with Crippen LogP contribution in [-0.2, 0) is 6.54 Å². The van der Waals surface area contributed by atoms with Crippen molar-refractivity contribution in [3.8, 4) is 11.3 Å². The fraction of sp³-hybridized carbons (Fsp3) is 0.500. The van der Waals surface area contributed by atoms with Crippen LogP contribution in [0, 0.1) is 19.8 Å². The number of aryl methyl sites for hydroxylation is 2. The molecular weight excluding hydrogens is 258 g/mol. The molecule has 0 spiro atoms. The molecule has 0 fully saturated rings. The summed E-state index contributed by atoms with van der Waals surface area (Å²) in [6.45, 7) is 13.9. The monoisotopic (exact) mass is 285 g/mol. The van der Waals surface area contributed by atoms with Crippen LogP contribution < -0.4 is 5.73 Å². The number of hydrogen-bond acceptors (Lipinski definition) is 2. The summed E-state index contributed by atoms with van der Waals surface area (Å²) in [4.78, 5) is 4.84. The van der Waals surface area contributed by atoms with Gasteiger partial charge in [0.2, 0.25) is 0 Å². The number of benzene rings is 1. The van der Waals surface area contributed by atoms with Crippen LogP contribution in [0.3, 0.4) is 0 Å². The third-order valence-electron chi connectivity index (χ3n) is 3.88. The molecule has 0 amide bonds. The summed E-state index contributed by atoms with van der Waals surface area (Å²) in [7, 11) is 0. The average Bonchev–Trinajstić information content (AvgIpc) is 2.70. The fourth-order valence-electron chi connectivity index (χ4n) is 2.58. The van der Waals surface area contributed by atoms with E-state index in [0.29, 0.717) is 11.8 Å². The van der Waals surface area contributed by atoms with Crippen molar-refractivity contribution in [1.82, 2.24) is 9.55 Å². The predicted molar refractivity (Wildman–Crippen MR) is 90.5 cm³/mol. The molecule has 0 unspecified atom stereocenters. The van der Waals surface area contributed by atoms with Gasteiger partial charge in [-0.05, 0) is 37.0 Å². The van der Waals surface area contributed by atoms with Gasteiger partial charge in [0, 0.05) is 18.0 Å². The Morgan fingerprint density at radius 3 is 2.29 bits per heavy atom. The first-order chi connectivity index (χ1) is 9.81. The molecule has 0 aliphatic heterocycles. The number of anilines is 1. The highest BCUT2D eigenvalue weighted by atomic mass is 15.1. The van der Waals surface area contributed by atoms with E-state index in [1.54, 1.807) is 0 Å². The lowest BCUT2D eigenvalue weighted by atomic mass is 10.0. The molecule has 0 aliphatic carbocycles. The van der Waals surface area contributed by atoms with Crippen LogP contribution in [0.2, 0.25) is 0 Å². The van der Waals surface area contributed by atoms with E-state index in [0.717, 1.165) is 29.4 Å². The first kappa shape index (κ1) is 15.6. The quantitative estimate of drug-likeness (QED) is 0.897. The second-order valence-corrected chi connectivity index (χ2v) is 6.66. The van der Waals surface area contributed by atoms with Gasteiger partial charge in [-0.15, -0.1) is 0 Å². The molecule has 0 atom stereocenters. The van der Waals surface area contributed by atoms with Crippen molar-refractivity contribution in [1.29, 1.82) is 0 Å². The molecule has 0 bridgehead atoms. The number of aromatic nitrogens is 2. The fourth-order valence-corrected chi connectivity index (χ4v) is 2.58. The molecule has 0 saturated carbocycles. The maximum absolute atomic E-state index is 6.41. The molecule has 2 rings (SSSR count). The summed E-state index contributed by atoms with van der Waals surface area (Å²) in [6, 6.07) is 6.43. The van der Waals surface area contributed by atoms with Gasteiger partial charge in [-0.3, -0.25) is 0 Å². The van der Waals surface area contributed by atoms with Gasteiger partial charge in [0.15, 0.2) is 0 Å². The number of nitrogens with zero attached hydrogens (tertiary/aromatic N) is 2. The van der Waals surface area contributed by atoms with E-state index in [2.05, 4.69) is 64.3 Å². The summed E-state index contributed by atoms with van der Waals surface area (Å²) < 4.78 is 2.18. The highest BCUT2D eigenvalue weighted by molar-refractivity contribution is 5.72. The van der Waals surface area contributed by atoms with Crippen LogP contribution >= 0.6 is 0 Å². The maximum Gasteiger partial charge on any atom is 0.131 e. The lowest BCUT2D eigenvalue weighted by Crippen LogP contribution is -2.12. The van der Waals surface area contributed by atoms with E-state index >= 15 is 0 Å². The molecule has 3 heteroatoms. The zero-order valence-electron chi connectivity index (χ0n) is 14.1. The standard InChI is InChI=1S/C18H27N3/c1-11(2)10-21-17(19)16(20-18(21)12(3)4)15-8-7-13(5)14(6)9-15/h7-9,11-12H,10,19H2,1-6H3. The zero-order chi connectivity index (χ0) is 15.7. The molecule has 1 aromatic heterocycles. The van der Waals surface area contributed by atoms with Crippen molar-refractivity contribution >= 4 is 5.82 Å². The SMILES string of the molecule is Cc1ccc(-c2nc(C(C)C)n(CC(C)C)c2N)cc1C. The molecule has 2 N–H and O–H groups in total. The maximum atomic E-state index is 6.41. The van der Waals surface area contributed by atoms with E-state index in [1.807, 2.05) is 0 Å². The number of nitrogens with two attached hydrogens (primary N) is 1. The Morgan fingerprint density at radius 2 is 1.76 bits per heavy atom. The second-order valence-electron chi connectivity index (χ2n) is 6.66. The Bertz CT molecular complexity index is 636. The molecule has 0 radical (unpaired) electrons. The van der Waals surface area contributed by atoms with Gasteiger partial charge in [-0.25, -0.2) is 4.98 Å². The Balaban J connectivity index is 2.56. The highest BCUT2D eigenvalue weighted by Crippen LogP contribution is 2.31. The Kier molecular flexibility index (Phi) is 4.40. The van der Waals surface area contributed by atoms with Crippen LogP contribution in [-0.4, -0.2) is 9.55 Å². The first-order valence-corrected chi connectivity index (χ1v) is 7.74. The zero-order valence-corrected chi connectivity index (χ0v) is 14.1. The molecule has 1 aromatic carbocycles. The number of rotatable bonds is 4. The Morgan fingerprint density at radius 1 is 1.10 bits per heavy atom. The van der Waals surface area contributed by atoms with Gasteiger partial charge in [0.1, 0.15) is 17.3 Å². The lowest BCUT2D eigenvalue weighted by Gasteiger charge is -2.14. The van der Waals surface area contributed by atoms with Crippen molar-refractivity contribution < 1.29 is 0 Å². The van der Waals surface area contributed by atoms with Crippen molar-refractivity contribution in [3.63, 3.8) is 0 Å². The molecule has 1 heterocycles. The largest absolute Gasteiger partial charge is 0.383 e. The minimum absolute atomic E-state index is 0.367. The lowest BCUT2D eigenvalue weighted by molar-refractivity contribution is 0.502. The summed E-state index contributed by atoms with van der Waals surface area (Å²) in [5.41, 5.74) is 11.0. The minimum Gasteiger partial charge on any atom is -0.383 e. The van der Waals surface area contributed by atoms with E-state index in [1.165, 1.54) is 11.1 Å². The third-order valence-corrected chi connectivity index (χ3v) is 3.88. The normalized spacial score (nSPS) is 11.6. The Labute approximate surface area is 128 Å². The molecule has 114 valence electrons. The number of hydrogen-bond donors (Lipinski definition) is 1. The predicted octanol–water partition coefficient (Wildman–Crippen LogP) is 4.53. The summed E-state index contributed by atoms with van der Waals surface area (Å²) >= 11 is 0. The first-order valence-electron chi connectivity index (χ1n) is 7.74. The van der Waals surface area contributed by atoms with E-state index in [4.69, 9.17) is 10.7 Å². The van der Waals surface area contributed by atoms with Crippen molar-refractivity contribution in [3.05, 3.63) is 35.2 Å². The summed E-state index contributed by atoms with van der Waals surface area (Å²) in [6.07, 6.45) is 0. The highest BCUT2D eigenvalue weighted by Gasteiger charge is 2.19. The summed E-state index contributed by atoms with van der Waals surface area (Å²) in [5, 5.41) is 0. The molecule has 2 aromatic rings. The molecule has 3 nitrogen and oxygen atoms in total. The summed E-state index contributed by atoms with van der Waals surface area (Å²) in [5.74, 6) is 2.78. The number of imidazole rings is 1. The minimum atomic E-state index is 0.367. The van der Waals surface area contributed by atoms with Gasteiger partial charge in [0.05, 0.1) is 0 Å². The van der Waals surface area contributed by atoms with E-state index in [-0.39, 0.29) is 0 Å². The van der Waals surface area contributed by atoms with Crippen molar-refractivity contribution in [2.75, 3.05) is 5.73 Å². The van der Waals surface area contributed by atoms with Gasteiger partial charge in [-0.1, -0.05) is 39.8 Å². The van der Waals surface area contributed by atoms with Crippen LogP contribution in [0.1, 0.15) is 50.6 Å². The van der Waals surface area contributed by atoms with Gasteiger partial charge >= 0.3 is 0 Å². The average molecular weight is 285 g/mol. The Hall–Kier alpha value is -1.77. The van der Waals surface area contributed by atoms with E-state index in [9.17, 15) is 0 Å². The van der Waals surface area contributed by atoms with Crippen LogP contribution in [0.5, 0.6) is 0 Å². The van der Waals surface area contributed by atoms with Crippen LogP contribution in [0.25, 0.3) is 11.3 Å². The van der Waals surface area contributed by atoms with Crippen LogP contribution in [0.15, 0.2) is 18.2 Å². The molecule has 21 heavy (non-hydrogen) atoms. The smallest absolute Gasteiger partial charge is 0.131 e. The molecular formula is C18H27N3. The topological polar surface area (TPSA) is 43.8 Å². The number of nitrogen functional groups attached to an aromatic ring is 1. The molecule has 0 saturated heterocycles. The van der Waals surface area contributed by atoms with Crippen molar-refractivity contribution in [2.24, 2.45) is 5.92 Å². The van der Waals surface area contributed by atoms with Gasteiger partial charge < -0.3 is 10.3 Å². The van der Waals surface area contributed by atoms with Crippen LogP contribution in [0.4, 0.5) is 5.82 Å². The van der Waals surface area contributed by atoms with E-state index < -0.39 is 0 Å². The molecule has 0 aliphatic rings. The van der Waals surface area contributed by atoms with Crippen molar-refractivity contribution in [2.45, 2.75) is 54.0 Å². The third kappa shape index (κ3) is 3.12. The van der Waals surface area contributed by atoms with Gasteiger partial charge in [-0.2, -0.15) is 0 Å². The second kappa shape index (κ2) is 5.92. The van der Waals surface area contributed by atoms with Gasteiger partial charge in [0.25, 0.3) is 0 Å².